The number of piperidine rings is 1. The molecule has 3 heterocycles. The van der Waals surface area contributed by atoms with Gasteiger partial charge in [0.2, 0.25) is 5.89 Å². The summed E-state index contributed by atoms with van der Waals surface area (Å²) in [4.78, 5) is 7.11. The first-order valence-electron chi connectivity index (χ1n) is 7.60. The lowest BCUT2D eigenvalue weighted by atomic mass is 9.99. The summed E-state index contributed by atoms with van der Waals surface area (Å²) < 4.78 is 5.44. The molecular weight excluding hydrogens is 240 g/mol. The lowest BCUT2D eigenvalue weighted by Crippen LogP contribution is -2.28. The predicted molar refractivity (Wildman–Crippen MR) is 73.1 cm³/mol. The van der Waals surface area contributed by atoms with Crippen LogP contribution in [0.15, 0.2) is 4.52 Å². The molecular formula is C14H24N4O. The second-order valence-electron chi connectivity index (χ2n) is 5.84. The van der Waals surface area contributed by atoms with E-state index in [1.54, 1.807) is 0 Å². The van der Waals surface area contributed by atoms with Gasteiger partial charge in [0.1, 0.15) is 0 Å². The van der Waals surface area contributed by atoms with Gasteiger partial charge in [-0.15, -0.1) is 0 Å². The fourth-order valence-electron chi connectivity index (χ4n) is 3.20. The molecule has 2 aliphatic heterocycles. The monoisotopic (exact) mass is 264 g/mol. The minimum atomic E-state index is 0.446. The zero-order valence-corrected chi connectivity index (χ0v) is 11.8. The van der Waals surface area contributed by atoms with E-state index >= 15 is 0 Å². The van der Waals surface area contributed by atoms with Gasteiger partial charge in [0, 0.05) is 25.4 Å². The predicted octanol–water partition coefficient (Wildman–Crippen LogP) is 1.42. The molecule has 5 nitrogen and oxygen atoms in total. The molecule has 3 rings (SSSR count). The lowest BCUT2D eigenvalue weighted by Gasteiger charge is -2.19. The van der Waals surface area contributed by atoms with Crippen LogP contribution in [0.5, 0.6) is 0 Å². The molecule has 0 bridgehead atoms. The quantitative estimate of drug-likeness (QED) is 0.891. The number of nitrogens with zero attached hydrogens (tertiary/aromatic N) is 3. The van der Waals surface area contributed by atoms with Crippen molar-refractivity contribution >= 4 is 0 Å². The molecule has 0 aliphatic carbocycles. The van der Waals surface area contributed by atoms with Crippen LogP contribution in [0, 0.1) is 5.92 Å². The van der Waals surface area contributed by atoms with E-state index < -0.39 is 0 Å². The Morgan fingerprint density at radius 1 is 1.42 bits per heavy atom. The Labute approximate surface area is 114 Å². The summed E-state index contributed by atoms with van der Waals surface area (Å²) in [5.41, 5.74) is 0. The van der Waals surface area contributed by atoms with Gasteiger partial charge in [0.25, 0.3) is 0 Å². The van der Waals surface area contributed by atoms with Gasteiger partial charge >= 0.3 is 0 Å². The maximum atomic E-state index is 5.44. The fourth-order valence-corrected chi connectivity index (χ4v) is 3.20. The summed E-state index contributed by atoms with van der Waals surface area (Å²) >= 11 is 0. The van der Waals surface area contributed by atoms with E-state index in [1.807, 2.05) is 0 Å². The van der Waals surface area contributed by atoms with E-state index in [1.165, 1.54) is 32.4 Å². The van der Waals surface area contributed by atoms with Gasteiger partial charge in [-0.1, -0.05) is 12.1 Å². The van der Waals surface area contributed by atoms with E-state index in [0.29, 0.717) is 11.8 Å². The minimum Gasteiger partial charge on any atom is -0.339 e. The zero-order valence-electron chi connectivity index (χ0n) is 11.8. The lowest BCUT2D eigenvalue weighted by molar-refractivity contribution is 0.320. The van der Waals surface area contributed by atoms with Crippen LogP contribution in [0.4, 0.5) is 0 Å². The number of aromatic nitrogens is 2. The Hall–Kier alpha value is -0.940. The van der Waals surface area contributed by atoms with Gasteiger partial charge in [0.15, 0.2) is 5.82 Å². The maximum absolute atomic E-state index is 5.44. The number of nitrogens with one attached hydrogen (secondary N) is 1. The summed E-state index contributed by atoms with van der Waals surface area (Å²) in [6.07, 6.45) is 4.60. The highest BCUT2D eigenvalue weighted by molar-refractivity contribution is 4.99. The van der Waals surface area contributed by atoms with Gasteiger partial charge in [-0.05, 0) is 44.8 Å². The summed E-state index contributed by atoms with van der Waals surface area (Å²) in [6, 6.07) is 0. The molecule has 19 heavy (non-hydrogen) atoms. The molecule has 1 aromatic heterocycles. The summed E-state index contributed by atoms with van der Waals surface area (Å²) in [7, 11) is 0. The third kappa shape index (κ3) is 3.15. The molecule has 2 fully saturated rings. The molecule has 0 saturated carbocycles. The van der Waals surface area contributed by atoms with Crippen LogP contribution < -0.4 is 5.32 Å². The van der Waals surface area contributed by atoms with Crippen LogP contribution in [-0.2, 0) is 6.42 Å². The van der Waals surface area contributed by atoms with Gasteiger partial charge in [0.05, 0.1) is 0 Å². The summed E-state index contributed by atoms with van der Waals surface area (Å²) in [5.74, 6) is 2.88. The van der Waals surface area contributed by atoms with Crippen molar-refractivity contribution in [1.29, 1.82) is 0 Å². The zero-order chi connectivity index (χ0) is 13.1. The molecule has 2 saturated heterocycles. The molecule has 1 aromatic rings. The van der Waals surface area contributed by atoms with E-state index in [0.717, 1.165) is 37.8 Å². The number of hydrogen-bond donors (Lipinski definition) is 1. The van der Waals surface area contributed by atoms with E-state index in [9.17, 15) is 0 Å². The van der Waals surface area contributed by atoms with E-state index in [2.05, 4.69) is 27.3 Å². The molecule has 106 valence electrons. The first-order chi connectivity index (χ1) is 9.35. The van der Waals surface area contributed by atoms with Crippen molar-refractivity contribution in [2.75, 3.05) is 32.7 Å². The van der Waals surface area contributed by atoms with Crippen molar-refractivity contribution < 1.29 is 4.52 Å². The van der Waals surface area contributed by atoms with Crippen LogP contribution >= 0.6 is 0 Å². The normalized spacial score (nSPS) is 28.9. The smallest absolute Gasteiger partial charge is 0.226 e. The maximum Gasteiger partial charge on any atom is 0.226 e. The van der Waals surface area contributed by atoms with Crippen molar-refractivity contribution in [3.8, 4) is 0 Å². The van der Waals surface area contributed by atoms with Gasteiger partial charge in [-0.3, -0.25) is 0 Å². The first kappa shape index (κ1) is 13.1. The molecule has 0 spiro atoms. The Morgan fingerprint density at radius 3 is 3.11 bits per heavy atom. The van der Waals surface area contributed by atoms with Crippen molar-refractivity contribution in [2.45, 2.75) is 38.5 Å². The molecule has 2 atom stereocenters. The Balaban J connectivity index is 1.56. The number of rotatable bonds is 4. The fraction of sp³-hybridized carbons (Fsp3) is 0.857. The van der Waals surface area contributed by atoms with Crippen molar-refractivity contribution in [2.24, 2.45) is 5.92 Å². The topological polar surface area (TPSA) is 54.2 Å². The van der Waals surface area contributed by atoms with E-state index in [4.69, 9.17) is 4.52 Å². The van der Waals surface area contributed by atoms with Crippen molar-refractivity contribution in [3.63, 3.8) is 0 Å². The SMILES string of the molecule is CCN1CCC(Cc2nc(C3CCCNC3)no2)C1. The molecule has 5 heteroatoms. The standard InChI is InChI=1S/C14H24N4O/c1-2-18-7-5-11(10-18)8-13-16-14(17-19-13)12-4-3-6-15-9-12/h11-12,15H,2-10H2,1H3. The van der Waals surface area contributed by atoms with Crippen LogP contribution in [-0.4, -0.2) is 47.8 Å². The van der Waals surface area contributed by atoms with Crippen molar-refractivity contribution in [3.05, 3.63) is 11.7 Å². The van der Waals surface area contributed by atoms with Crippen molar-refractivity contribution in [1.82, 2.24) is 20.4 Å². The molecule has 2 aliphatic rings. The first-order valence-corrected chi connectivity index (χ1v) is 7.60. The van der Waals surface area contributed by atoms with E-state index in [-0.39, 0.29) is 0 Å². The third-order valence-corrected chi connectivity index (χ3v) is 4.43. The molecule has 0 radical (unpaired) electrons. The summed E-state index contributed by atoms with van der Waals surface area (Å²) in [5, 5.41) is 7.58. The second kappa shape index (κ2) is 6.01. The summed E-state index contributed by atoms with van der Waals surface area (Å²) in [6.45, 7) is 7.89. The highest BCUT2D eigenvalue weighted by atomic mass is 16.5. The van der Waals surface area contributed by atoms with Gasteiger partial charge in [-0.25, -0.2) is 0 Å². The van der Waals surface area contributed by atoms with Crippen LogP contribution in [0.25, 0.3) is 0 Å². The highest BCUT2D eigenvalue weighted by Gasteiger charge is 2.25. The molecule has 2 unspecified atom stereocenters. The average Bonchev–Trinajstić information content (AvgIpc) is 3.09. The molecule has 0 aromatic carbocycles. The Bertz CT molecular complexity index is 400. The van der Waals surface area contributed by atoms with Crippen LogP contribution in [0.3, 0.4) is 0 Å². The van der Waals surface area contributed by atoms with Crippen LogP contribution in [0.1, 0.15) is 43.8 Å². The van der Waals surface area contributed by atoms with Crippen LogP contribution in [0.2, 0.25) is 0 Å². The Morgan fingerprint density at radius 2 is 2.37 bits per heavy atom. The Kier molecular flexibility index (Phi) is 4.13. The molecule has 1 N–H and O–H groups in total. The third-order valence-electron chi connectivity index (χ3n) is 4.43. The highest BCUT2D eigenvalue weighted by Crippen LogP contribution is 2.23. The molecule has 0 amide bonds. The number of likely N-dealkylation sites (tertiary alicyclic amines) is 1. The minimum absolute atomic E-state index is 0.446. The largest absolute Gasteiger partial charge is 0.339 e. The van der Waals surface area contributed by atoms with Gasteiger partial charge in [-0.2, -0.15) is 4.98 Å². The average molecular weight is 264 g/mol. The number of hydrogen-bond acceptors (Lipinski definition) is 5. The van der Waals surface area contributed by atoms with Gasteiger partial charge < -0.3 is 14.7 Å². The second-order valence-corrected chi connectivity index (χ2v) is 5.84.